The molecule has 1 aromatic carbocycles. The van der Waals surface area contributed by atoms with Gasteiger partial charge in [0.1, 0.15) is 0 Å². The Morgan fingerprint density at radius 1 is 1.47 bits per heavy atom. The summed E-state index contributed by atoms with van der Waals surface area (Å²) in [5.74, 6) is 0.635. The highest BCUT2D eigenvalue weighted by molar-refractivity contribution is 5.26. The van der Waals surface area contributed by atoms with Crippen LogP contribution in [0.2, 0.25) is 0 Å². The Balaban J connectivity index is 2.13. The SMILES string of the molecule is COCc1cccc(C2CC(CN)CN2C)c1. The fraction of sp³-hybridized carbons (Fsp3) is 0.571. The molecule has 17 heavy (non-hydrogen) atoms. The number of rotatable bonds is 4. The van der Waals surface area contributed by atoms with Gasteiger partial charge in [-0.1, -0.05) is 24.3 Å². The lowest BCUT2D eigenvalue weighted by Crippen LogP contribution is -2.20. The van der Waals surface area contributed by atoms with Gasteiger partial charge in [-0.2, -0.15) is 0 Å². The van der Waals surface area contributed by atoms with E-state index in [9.17, 15) is 0 Å². The minimum absolute atomic E-state index is 0.514. The van der Waals surface area contributed by atoms with Crippen molar-refractivity contribution in [3.63, 3.8) is 0 Å². The molecule has 1 aromatic rings. The van der Waals surface area contributed by atoms with Crippen LogP contribution in [0.15, 0.2) is 24.3 Å². The first-order chi connectivity index (χ1) is 8.24. The van der Waals surface area contributed by atoms with Crippen LogP contribution in [0, 0.1) is 5.92 Å². The lowest BCUT2D eigenvalue weighted by molar-refractivity contribution is 0.184. The van der Waals surface area contributed by atoms with E-state index < -0.39 is 0 Å². The number of likely N-dealkylation sites (tertiary alicyclic amines) is 1. The summed E-state index contributed by atoms with van der Waals surface area (Å²) in [5.41, 5.74) is 8.40. The summed E-state index contributed by atoms with van der Waals surface area (Å²) in [4.78, 5) is 2.41. The lowest BCUT2D eigenvalue weighted by atomic mass is 9.98. The minimum atomic E-state index is 0.514. The molecule has 0 spiro atoms. The highest BCUT2D eigenvalue weighted by Crippen LogP contribution is 2.33. The number of hydrogen-bond acceptors (Lipinski definition) is 3. The molecule has 1 saturated heterocycles. The molecule has 2 rings (SSSR count). The summed E-state index contributed by atoms with van der Waals surface area (Å²) in [7, 11) is 3.92. The molecule has 2 N–H and O–H groups in total. The van der Waals surface area contributed by atoms with Gasteiger partial charge >= 0.3 is 0 Å². The molecular weight excluding hydrogens is 212 g/mol. The van der Waals surface area contributed by atoms with Gasteiger partial charge in [0.05, 0.1) is 6.61 Å². The maximum Gasteiger partial charge on any atom is 0.0713 e. The number of nitrogens with two attached hydrogens (primary N) is 1. The first-order valence-corrected chi connectivity index (χ1v) is 6.22. The van der Waals surface area contributed by atoms with E-state index >= 15 is 0 Å². The molecule has 0 bridgehead atoms. The Kier molecular flexibility index (Phi) is 4.15. The molecule has 0 saturated carbocycles. The minimum Gasteiger partial charge on any atom is -0.380 e. The van der Waals surface area contributed by atoms with Crippen molar-refractivity contribution in [2.24, 2.45) is 11.7 Å². The Morgan fingerprint density at radius 3 is 2.94 bits per heavy atom. The first-order valence-electron chi connectivity index (χ1n) is 6.22. The smallest absolute Gasteiger partial charge is 0.0713 e. The Bertz CT molecular complexity index is 367. The predicted molar refractivity (Wildman–Crippen MR) is 69.7 cm³/mol. The molecule has 1 aliphatic rings. The summed E-state index contributed by atoms with van der Waals surface area (Å²) in [6.45, 7) is 2.58. The second-order valence-electron chi connectivity index (χ2n) is 4.97. The summed E-state index contributed by atoms with van der Waals surface area (Å²) in [6, 6.07) is 9.21. The van der Waals surface area contributed by atoms with Gasteiger partial charge < -0.3 is 10.5 Å². The Labute approximate surface area is 104 Å². The van der Waals surface area contributed by atoms with E-state index in [2.05, 4.69) is 36.2 Å². The highest BCUT2D eigenvalue weighted by atomic mass is 16.5. The quantitative estimate of drug-likeness (QED) is 0.863. The molecule has 2 atom stereocenters. The van der Waals surface area contributed by atoms with Crippen molar-refractivity contribution in [1.82, 2.24) is 4.90 Å². The summed E-state index contributed by atoms with van der Waals surface area (Å²) in [5, 5.41) is 0. The zero-order chi connectivity index (χ0) is 12.3. The zero-order valence-electron chi connectivity index (χ0n) is 10.7. The molecular formula is C14H22N2O. The van der Waals surface area contributed by atoms with Crippen LogP contribution in [0.5, 0.6) is 0 Å². The van der Waals surface area contributed by atoms with Gasteiger partial charge in [-0.15, -0.1) is 0 Å². The Hall–Kier alpha value is -0.900. The third-order valence-electron chi connectivity index (χ3n) is 3.61. The maximum atomic E-state index is 5.77. The van der Waals surface area contributed by atoms with Gasteiger partial charge in [0.15, 0.2) is 0 Å². The van der Waals surface area contributed by atoms with E-state index in [0.717, 1.165) is 13.1 Å². The van der Waals surface area contributed by atoms with Crippen LogP contribution < -0.4 is 5.73 Å². The second-order valence-corrected chi connectivity index (χ2v) is 4.97. The lowest BCUT2D eigenvalue weighted by Gasteiger charge is -2.20. The molecule has 0 aromatic heterocycles. The summed E-state index contributed by atoms with van der Waals surface area (Å²) in [6.07, 6.45) is 1.17. The third kappa shape index (κ3) is 2.86. The zero-order valence-corrected chi connectivity index (χ0v) is 10.7. The summed E-state index contributed by atoms with van der Waals surface area (Å²) >= 11 is 0. The average molecular weight is 234 g/mol. The molecule has 3 heteroatoms. The van der Waals surface area contributed by atoms with Crippen LogP contribution in [0.25, 0.3) is 0 Å². The predicted octanol–water partition coefficient (Wildman–Crippen LogP) is 1.78. The number of benzene rings is 1. The molecule has 3 nitrogen and oxygen atoms in total. The van der Waals surface area contributed by atoms with Crippen LogP contribution in [-0.2, 0) is 11.3 Å². The van der Waals surface area contributed by atoms with E-state index in [1.54, 1.807) is 7.11 Å². The number of ether oxygens (including phenoxy) is 1. The van der Waals surface area contributed by atoms with Gasteiger partial charge in [-0.05, 0) is 37.1 Å². The molecule has 1 fully saturated rings. The van der Waals surface area contributed by atoms with Crippen molar-refractivity contribution in [3.8, 4) is 0 Å². The second kappa shape index (κ2) is 5.63. The van der Waals surface area contributed by atoms with Crippen LogP contribution in [-0.4, -0.2) is 32.1 Å². The third-order valence-corrected chi connectivity index (χ3v) is 3.61. The molecule has 2 unspecified atom stereocenters. The van der Waals surface area contributed by atoms with E-state index in [0.29, 0.717) is 18.6 Å². The molecule has 1 heterocycles. The molecule has 1 aliphatic heterocycles. The fourth-order valence-corrected chi connectivity index (χ4v) is 2.72. The first kappa shape index (κ1) is 12.6. The molecule has 0 amide bonds. The standard InChI is InChI=1S/C14H22N2O/c1-16-9-12(8-15)7-14(16)13-5-3-4-11(6-13)10-17-2/h3-6,12,14H,7-10,15H2,1-2H3. The van der Waals surface area contributed by atoms with Crippen LogP contribution in [0.3, 0.4) is 0 Å². The van der Waals surface area contributed by atoms with Crippen LogP contribution in [0.1, 0.15) is 23.6 Å². The monoisotopic (exact) mass is 234 g/mol. The van der Waals surface area contributed by atoms with E-state index in [4.69, 9.17) is 10.5 Å². The average Bonchev–Trinajstić information content (AvgIpc) is 2.71. The van der Waals surface area contributed by atoms with Crippen molar-refractivity contribution in [1.29, 1.82) is 0 Å². The van der Waals surface area contributed by atoms with Crippen molar-refractivity contribution in [2.45, 2.75) is 19.1 Å². The van der Waals surface area contributed by atoms with Crippen molar-refractivity contribution >= 4 is 0 Å². The van der Waals surface area contributed by atoms with E-state index in [1.807, 2.05) is 0 Å². The van der Waals surface area contributed by atoms with Crippen molar-refractivity contribution in [2.75, 3.05) is 27.2 Å². The molecule has 94 valence electrons. The van der Waals surface area contributed by atoms with E-state index in [-0.39, 0.29) is 0 Å². The van der Waals surface area contributed by atoms with Crippen molar-refractivity contribution < 1.29 is 4.74 Å². The molecule has 0 radical (unpaired) electrons. The van der Waals surface area contributed by atoms with Crippen molar-refractivity contribution in [3.05, 3.63) is 35.4 Å². The van der Waals surface area contributed by atoms with Gasteiger partial charge in [-0.25, -0.2) is 0 Å². The van der Waals surface area contributed by atoms with Crippen LogP contribution in [0.4, 0.5) is 0 Å². The largest absolute Gasteiger partial charge is 0.380 e. The van der Waals surface area contributed by atoms with Gasteiger partial charge in [0.2, 0.25) is 0 Å². The van der Waals surface area contributed by atoms with Gasteiger partial charge in [0, 0.05) is 19.7 Å². The van der Waals surface area contributed by atoms with Crippen LogP contribution >= 0.6 is 0 Å². The Morgan fingerprint density at radius 2 is 2.29 bits per heavy atom. The molecule has 0 aliphatic carbocycles. The topological polar surface area (TPSA) is 38.5 Å². The number of nitrogens with zero attached hydrogens (tertiary/aromatic N) is 1. The summed E-state index contributed by atoms with van der Waals surface area (Å²) < 4.78 is 5.18. The normalized spacial score (nSPS) is 25.4. The van der Waals surface area contributed by atoms with Gasteiger partial charge in [0.25, 0.3) is 0 Å². The number of methoxy groups -OCH3 is 1. The number of hydrogen-bond donors (Lipinski definition) is 1. The fourth-order valence-electron chi connectivity index (χ4n) is 2.72. The highest BCUT2D eigenvalue weighted by Gasteiger charge is 2.29. The van der Waals surface area contributed by atoms with E-state index in [1.165, 1.54) is 17.5 Å². The van der Waals surface area contributed by atoms with Gasteiger partial charge in [-0.3, -0.25) is 4.90 Å². The maximum absolute atomic E-state index is 5.77.